The van der Waals surface area contributed by atoms with Gasteiger partial charge in [-0.15, -0.1) is 10.2 Å². The average molecular weight is 529 g/mol. The highest BCUT2D eigenvalue weighted by molar-refractivity contribution is 7.92. The lowest BCUT2D eigenvalue weighted by Gasteiger charge is -2.21. The molecule has 1 aromatic heterocycles. The van der Waals surface area contributed by atoms with E-state index in [1.54, 1.807) is 30.3 Å². The zero-order valence-electron chi connectivity index (χ0n) is 19.2. The Labute approximate surface area is 210 Å². The molecule has 0 fully saturated rings. The first kappa shape index (κ1) is 25.6. The highest BCUT2D eigenvalue weighted by atomic mass is 32.2. The van der Waals surface area contributed by atoms with E-state index in [1.165, 1.54) is 49.9 Å². The predicted octanol–water partition coefficient (Wildman–Crippen LogP) is 5.23. The number of halogens is 3. The van der Waals surface area contributed by atoms with Gasteiger partial charge in [-0.05, 0) is 54.1 Å². The van der Waals surface area contributed by atoms with Gasteiger partial charge in [0.25, 0.3) is 10.0 Å². The van der Waals surface area contributed by atoms with Gasteiger partial charge in [-0.25, -0.2) is 8.42 Å². The number of para-hydroxylation sites is 1. The molecule has 3 aromatic carbocycles. The zero-order chi connectivity index (χ0) is 26.6. The first-order chi connectivity index (χ1) is 17.6. The van der Waals surface area contributed by atoms with Crippen LogP contribution in [0.3, 0.4) is 0 Å². The van der Waals surface area contributed by atoms with Crippen molar-refractivity contribution in [3.63, 3.8) is 0 Å². The Kier molecular flexibility index (Phi) is 7.11. The standard InChI is InChI=1S/C25H19F3N4O4S/c1-32(19-8-5-7-18(15-19)25(26,27)28)37(34,35)20-9-4-6-17(14-20)12-13-23(33)30-22-11-3-2-10-21(22)24-31-29-16-36-24/h2-16H,1H3,(H,30,33)/b13-12+. The third-order valence-corrected chi connectivity index (χ3v) is 7.04. The lowest BCUT2D eigenvalue weighted by Crippen LogP contribution is -2.27. The van der Waals surface area contributed by atoms with Crippen molar-refractivity contribution in [3.8, 4) is 11.5 Å². The number of amides is 1. The van der Waals surface area contributed by atoms with Crippen LogP contribution in [0.1, 0.15) is 11.1 Å². The molecule has 8 nitrogen and oxygen atoms in total. The second-order valence-electron chi connectivity index (χ2n) is 7.71. The molecule has 190 valence electrons. The number of nitrogens with zero attached hydrogens (tertiary/aromatic N) is 3. The van der Waals surface area contributed by atoms with Gasteiger partial charge in [-0.1, -0.05) is 30.3 Å². The van der Waals surface area contributed by atoms with Gasteiger partial charge in [0.1, 0.15) is 0 Å². The van der Waals surface area contributed by atoms with Crippen molar-refractivity contribution in [1.29, 1.82) is 0 Å². The van der Waals surface area contributed by atoms with Crippen molar-refractivity contribution in [3.05, 3.63) is 96.4 Å². The topological polar surface area (TPSA) is 105 Å². The van der Waals surface area contributed by atoms with Crippen LogP contribution in [0, 0.1) is 0 Å². The van der Waals surface area contributed by atoms with E-state index < -0.39 is 27.7 Å². The van der Waals surface area contributed by atoms with Crippen molar-refractivity contribution in [1.82, 2.24) is 10.2 Å². The van der Waals surface area contributed by atoms with E-state index in [9.17, 15) is 26.4 Å². The molecule has 12 heteroatoms. The number of sulfonamides is 1. The van der Waals surface area contributed by atoms with Crippen molar-refractivity contribution in [2.45, 2.75) is 11.1 Å². The van der Waals surface area contributed by atoms with Gasteiger partial charge in [-0.3, -0.25) is 9.10 Å². The zero-order valence-corrected chi connectivity index (χ0v) is 20.0. The van der Waals surface area contributed by atoms with E-state index >= 15 is 0 Å². The summed E-state index contributed by atoms with van der Waals surface area (Å²) in [6.45, 7) is 0. The summed E-state index contributed by atoms with van der Waals surface area (Å²) in [6, 6.07) is 16.5. The maximum atomic E-state index is 13.1. The quantitative estimate of drug-likeness (QED) is 0.329. The highest BCUT2D eigenvalue weighted by Gasteiger charge is 2.31. The lowest BCUT2D eigenvalue weighted by molar-refractivity contribution is -0.137. The molecule has 4 rings (SSSR count). The minimum Gasteiger partial charge on any atom is -0.423 e. The van der Waals surface area contributed by atoms with Gasteiger partial charge in [0.2, 0.25) is 18.2 Å². The molecule has 37 heavy (non-hydrogen) atoms. The molecule has 4 aromatic rings. The van der Waals surface area contributed by atoms with Gasteiger partial charge in [0.05, 0.1) is 27.4 Å². The second-order valence-corrected chi connectivity index (χ2v) is 9.67. The van der Waals surface area contributed by atoms with Crippen molar-refractivity contribution < 1.29 is 30.8 Å². The van der Waals surface area contributed by atoms with Crippen molar-refractivity contribution in [2.75, 3.05) is 16.7 Å². The minimum absolute atomic E-state index is 0.143. The van der Waals surface area contributed by atoms with Crippen LogP contribution in [-0.2, 0) is 21.0 Å². The molecule has 0 aliphatic carbocycles. The summed E-state index contributed by atoms with van der Waals surface area (Å²) in [4.78, 5) is 12.4. The number of alkyl halides is 3. The third kappa shape index (κ3) is 5.86. The number of hydrogen-bond acceptors (Lipinski definition) is 6. The van der Waals surface area contributed by atoms with Crippen LogP contribution in [0.2, 0.25) is 0 Å². The van der Waals surface area contributed by atoms with Crippen molar-refractivity contribution in [2.24, 2.45) is 0 Å². The van der Waals surface area contributed by atoms with Crippen LogP contribution >= 0.6 is 0 Å². The first-order valence-corrected chi connectivity index (χ1v) is 12.1. The number of aromatic nitrogens is 2. The molecule has 0 radical (unpaired) electrons. The Morgan fingerprint density at radius 2 is 1.78 bits per heavy atom. The summed E-state index contributed by atoms with van der Waals surface area (Å²) in [5, 5.41) is 10.2. The van der Waals surface area contributed by atoms with E-state index in [0.717, 1.165) is 22.5 Å². The molecule has 1 N–H and O–H groups in total. The summed E-state index contributed by atoms with van der Waals surface area (Å²) in [5.41, 5.74) is 0.234. The molecule has 0 atom stereocenters. The summed E-state index contributed by atoms with van der Waals surface area (Å²) in [5.74, 6) is -0.274. The first-order valence-electron chi connectivity index (χ1n) is 10.7. The molecule has 0 bridgehead atoms. The van der Waals surface area contributed by atoms with E-state index in [1.807, 2.05) is 0 Å². The number of rotatable bonds is 7. The van der Waals surface area contributed by atoms with Crippen LogP contribution < -0.4 is 9.62 Å². The Morgan fingerprint density at radius 3 is 2.51 bits per heavy atom. The number of carbonyl (C=O) groups is 1. The molecule has 0 aliphatic rings. The van der Waals surface area contributed by atoms with E-state index in [2.05, 4.69) is 15.5 Å². The molecule has 0 spiro atoms. The largest absolute Gasteiger partial charge is 0.423 e. The Morgan fingerprint density at radius 1 is 1.03 bits per heavy atom. The molecular weight excluding hydrogens is 509 g/mol. The maximum Gasteiger partial charge on any atom is 0.416 e. The van der Waals surface area contributed by atoms with Crippen LogP contribution in [0.5, 0.6) is 0 Å². The SMILES string of the molecule is CN(c1cccc(C(F)(F)F)c1)S(=O)(=O)c1cccc(/C=C/C(=O)Nc2ccccc2-c2nnco2)c1. The summed E-state index contributed by atoms with van der Waals surface area (Å²) >= 11 is 0. The molecule has 1 amide bonds. The summed E-state index contributed by atoms with van der Waals surface area (Å²) in [6.07, 6.45) is -0.822. The average Bonchev–Trinajstić information content (AvgIpc) is 3.42. The number of hydrogen-bond donors (Lipinski definition) is 1. The minimum atomic E-state index is -4.61. The fourth-order valence-electron chi connectivity index (χ4n) is 3.37. The second kappa shape index (κ2) is 10.3. The highest BCUT2D eigenvalue weighted by Crippen LogP contribution is 2.33. The van der Waals surface area contributed by atoms with Gasteiger partial charge in [0.15, 0.2) is 0 Å². The monoisotopic (exact) mass is 528 g/mol. The molecule has 0 saturated carbocycles. The normalized spacial score (nSPS) is 12.0. The van der Waals surface area contributed by atoms with E-state index in [-0.39, 0.29) is 16.5 Å². The molecule has 1 heterocycles. The van der Waals surface area contributed by atoms with E-state index in [4.69, 9.17) is 4.42 Å². The summed E-state index contributed by atoms with van der Waals surface area (Å²) < 4.78 is 71.3. The molecule has 0 aliphatic heterocycles. The number of anilines is 2. The van der Waals surface area contributed by atoms with Crippen LogP contribution in [0.4, 0.5) is 24.5 Å². The summed E-state index contributed by atoms with van der Waals surface area (Å²) in [7, 11) is -3.02. The van der Waals surface area contributed by atoms with Crippen LogP contribution in [0.15, 0.2) is 94.6 Å². The van der Waals surface area contributed by atoms with Crippen LogP contribution in [0.25, 0.3) is 17.5 Å². The lowest BCUT2D eigenvalue weighted by atomic mass is 10.1. The van der Waals surface area contributed by atoms with Crippen molar-refractivity contribution >= 4 is 33.4 Å². The number of benzene rings is 3. The number of carbonyl (C=O) groups excluding carboxylic acids is 1. The maximum absolute atomic E-state index is 13.1. The molecular formula is C25H19F3N4O4S. The fourth-order valence-corrected chi connectivity index (χ4v) is 4.61. The third-order valence-electron chi connectivity index (χ3n) is 5.26. The smallest absolute Gasteiger partial charge is 0.416 e. The fraction of sp³-hybridized carbons (Fsp3) is 0.0800. The van der Waals surface area contributed by atoms with Gasteiger partial charge >= 0.3 is 6.18 Å². The Hall–Kier alpha value is -4.45. The Bertz CT molecular complexity index is 1550. The van der Waals surface area contributed by atoms with Gasteiger partial charge in [0, 0.05) is 13.1 Å². The van der Waals surface area contributed by atoms with Gasteiger partial charge < -0.3 is 9.73 Å². The molecule has 0 unspecified atom stereocenters. The van der Waals surface area contributed by atoms with Gasteiger partial charge in [-0.2, -0.15) is 13.2 Å². The Balaban J connectivity index is 1.52. The predicted molar refractivity (Wildman–Crippen MR) is 131 cm³/mol. The van der Waals surface area contributed by atoms with Crippen LogP contribution in [-0.4, -0.2) is 31.6 Å². The molecule has 0 saturated heterocycles. The van der Waals surface area contributed by atoms with E-state index in [0.29, 0.717) is 16.8 Å². The number of nitrogens with one attached hydrogen (secondary N) is 1.